The normalized spacial score (nSPS) is 19.1. The fraction of sp³-hybridized carbons (Fsp3) is 0.250. The van der Waals surface area contributed by atoms with Gasteiger partial charge in [-0.15, -0.1) is 0 Å². The molecule has 7 nitrogen and oxygen atoms in total. The molecule has 96 valence electrons. The molecule has 0 aromatic carbocycles. The van der Waals surface area contributed by atoms with E-state index >= 15 is 0 Å². The molecule has 0 saturated carbocycles. The number of carbonyl (C=O) groups is 1. The molecule has 1 N–H and O–H groups in total. The van der Waals surface area contributed by atoms with Gasteiger partial charge in [0.25, 0.3) is 0 Å². The summed E-state index contributed by atoms with van der Waals surface area (Å²) in [5.41, 5.74) is 0.658. The van der Waals surface area contributed by atoms with E-state index in [1.807, 2.05) is 4.90 Å². The molecule has 2 aromatic rings. The van der Waals surface area contributed by atoms with Gasteiger partial charge in [-0.05, 0) is 12.1 Å². The van der Waals surface area contributed by atoms with Crippen LogP contribution in [-0.2, 0) is 4.79 Å². The Bertz CT molecular complexity index is 561. The molecule has 1 unspecified atom stereocenters. The molecule has 1 aliphatic rings. The molecule has 1 atom stereocenters. The zero-order valence-corrected chi connectivity index (χ0v) is 10.1. The van der Waals surface area contributed by atoms with Crippen LogP contribution in [0.2, 0.25) is 0 Å². The van der Waals surface area contributed by atoms with Crippen LogP contribution in [0.15, 0.2) is 37.2 Å². The van der Waals surface area contributed by atoms with Gasteiger partial charge in [-0.1, -0.05) is 0 Å². The number of nitrogens with one attached hydrogen (secondary N) is 1. The molecular weight excluding hydrogens is 244 g/mol. The minimum atomic E-state index is -0.480. The smallest absolute Gasteiger partial charge is 0.249 e. The van der Waals surface area contributed by atoms with Crippen LogP contribution in [0.3, 0.4) is 0 Å². The van der Waals surface area contributed by atoms with Gasteiger partial charge in [0, 0.05) is 25.5 Å². The second kappa shape index (κ2) is 4.97. The highest BCUT2D eigenvalue weighted by atomic mass is 16.2. The van der Waals surface area contributed by atoms with Crippen molar-refractivity contribution in [3.63, 3.8) is 0 Å². The number of hydrogen-bond donors (Lipinski definition) is 1. The molecule has 0 spiro atoms. The molecule has 1 saturated heterocycles. The van der Waals surface area contributed by atoms with Crippen molar-refractivity contribution in [1.82, 2.24) is 25.3 Å². The molecule has 2 aromatic heterocycles. The molecule has 0 aliphatic carbocycles. The second-order valence-corrected chi connectivity index (χ2v) is 4.09. The SMILES string of the molecule is O=C1NCCN(c2ccncn2)C1c1ccncn1. The lowest BCUT2D eigenvalue weighted by atomic mass is 10.1. The van der Waals surface area contributed by atoms with Crippen LogP contribution in [0, 0.1) is 0 Å². The van der Waals surface area contributed by atoms with Gasteiger partial charge in [-0.3, -0.25) is 4.79 Å². The van der Waals surface area contributed by atoms with E-state index in [1.165, 1.54) is 12.7 Å². The van der Waals surface area contributed by atoms with Crippen LogP contribution >= 0.6 is 0 Å². The summed E-state index contributed by atoms with van der Waals surface area (Å²) in [6.07, 6.45) is 6.20. The fourth-order valence-electron chi connectivity index (χ4n) is 2.12. The molecule has 7 heteroatoms. The van der Waals surface area contributed by atoms with E-state index in [1.54, 1.807) is 24.5 Å². The predicted octanol–water partition coefficient (Wildman–Crippen LogP) is -0.0559. The average Bonchev–Trinajstić information content (AvgIpc) is 2.49. The summed E-state index contributed by atoms with van der Waals surface area (Å²) >= 11 is 0. The van der Waals surface area contributed by atoms with Crippen molar-refractivity contribution in [3.05, 3.63) is 42.9 Å². The summed E-state index contributed by atoms with van der Waals surface area (Å²) in [6, 6.07) is 3.04. The molecule has 3 heterocycles. The second-order valence-electron chi connectivity index (χ2n) is 4.09. The summed E-state index contributed by atoms with van der Waals surface area (Å²) in [7, 11) is 0. The molecule has 3 rings (SSSR count). The van der Waals surface area contributed by atoms with E-state index in [-0.39, 0.29) is 5.91 Å². The van der Waals surface area contributed by atoms with Crippen LogP contribution in [0.4, 0.5) is 5.82 Å². The maximum Gasteiger partial charge on any atom is 0.249 e. The number of aromatic nitrogens is 4. The number of carbonyl (C=O) groups excluding carboxylic acids is 1. The first kappa shape index (κ1) is 11.5. The van der Waals surface area contributed by atoms with Crippen LogP contribution in [0.25, 0.3) is 0 Å². The highest BCUT2D eigenvalue weighted by molar-refractivity contribution is 5.87. The standard InChI is InChI=1S/C12H12N6O/c19-12-11(9-1-3-13-7-16-9)18(6-5-15-12)10-2-4-14-8-17-10/h1-4,7-8,11H,5-6H2,(H,15,19). The number of piperazine rings is 1. The minimum absolute atomic E-state index is 0.0800. The first-order valence-electron chi connectivity index (χ1n) is 5.92. The van der Waals surface area contributed by atoms with E-state index in [2.05, 4.69) is 25.3 Å². The highest BCUT2D eigenvalue weighted by Crippen LogP contribution is 2.25. The van der Waals surface area contributed by atoms with Gasteiger partial charge in [0.05, 0.1) is 5.69 Å². The Morgan fingerprint density at radius 1 is 1.16 bits per heavy atom. The predicted molar refractivity (Wildman–Crippen MR) is 67.2 cm³/mol. The molecule has 0 radical (unpaired) electrons. The fourth-order valence-corrected chi connectivity index (χ4v) is 2.12. The average molecular weight is 256 g/mol. The third-order valence-electron chi connectivity index (χ3n) is 2.96. The van der Waals surface area contributed by atoms with Gasteiger partial charge in [-0.2, -0.15) is 0 Å². The van der Waals surface area contributed by atoms with Crippen LogP contribution in [0.5, 0.6) is 0 Å². The number of nitrogens with zero attached hydrogens (tertiary/aromatic N) is 5. The number of hydrogen-bond acceptors (Lipinski definition) is 6. The quantitative estimate of drug-likeness (QED) is 0.810. The maximum absolute atomic E-state index is 12.1. The Kier molecular flexibility index (Phi) is 3.01. The summed E-state index contributed by atoms with van der Waals surface area (Å²) in [6.45, 7) is 1.27. The van der Waals surface area contributed by atoms with E-state index in [0.717, 1.165) is 0 Å². The van der Waals surface area contributed by atoms with Crippen molar-refractivity contribution in [1.29, 1.82) is 0 Å². The van der Waals surface area contributed by atoms with Crippen LogP contribution in [0.1, 0.15) is 11.7 Å². The molecule has 0 bridgehead atoms. The number of amides is 1. The van der Waals surface area contributed by atoms with E-state index < -0.39 is 6.04 Å². The molecular formula is C12H12N6O. The van der Waals surface area contributed by atoms with Crippen molar-refractivity contribution < 1.29 is 4.79 Å². The van der Waals surface area contributed by atoms with E-state index in [9.17, 15) is 4.79 Å². The lowest BCUT2D eigenvalue weighted by molar-refractivity contribution is -0.123. The summed E-state index contributed by atoms with van der Waals surface area (Å²) in [5, 5.41) is 2.85. The van der Waals surface area contributed by atoms with E-state index in [4.69, 9.17) is 0 Å². The van der Waals surface area contributed by atoms with Crippen molar-refractivity contribution in [2.24, 2.45) is 0 Å². The Morgan fingerprint density at radius 3 is 2.63 bits per heavy atom. The number of rotatable bonds is 2. The molecule has 1 aliphatic heterocycles. The summed E-state index contributed by atoms with van der Waals surface area (Å²) in [4.78, 5) is 30.2. The largest absolute Gasteiger partial charge is 0.352 e. The number of anilines is 1. The highest BCUT2D eigenvalue weighted by Gasteiger charge is 2.32. The van der Waals surface area contributed by atoms with Gasteiger partial charge >= 0.3 is 0 Å². The minimum Gasteiger partial charge on any atom is -0.352 e. The van der Waals surface area contributed by atoms with Crippen molar-refractivity contribution in [2.45, 2.75) is 6.04 Å². The maximum atomic E-state index is 12.1. The van der Waals surface area contributed by atoms with Gasteiger partial charge in [0.15, 0.2) is 6.04 Å². The van der Waals surface area contributed by atoms with E-state index in [0.29, 0.717) is 24.6 Å². The summed E-state index contributed by atoms with van der Waals surface area (Å²) in [5.74, 6) is 0.636. The summed E-state index contributed by atoms with van der Waals surface area (Å²) < 4.78 is 0. The van der Waals surface area contributed by atoms with Gasteiger partial charge < -0.3 is 10.2 Å². The Hall–Kier alpha value is -2.57. The lowest BCUT2D eigenvalue weighted by Gasteiger charge is -2.35. The van der Waals surface area contributed by atoms with Crippen molar-refractivity contribution >= 4 is 11.7 Å². The van der Waals surface area contributed by atoms with Crippen molar-refractivity contribution in [2.75, 3.05) is 18.0 Å². The molecule has 1 amide bonds. The Balaban J connectivity index is 1.99. The Morgan fingerprint density at radius 2 is 1.95 bits per heavy atom. The monoisotopic (exact) mass is 256 g/mol. The molecule has 19 heavy (non-hydrogen) atoms. The first-order valence-corrected chi connectivity index (χ1v) is 5.92. The zero-order chi connectivity index (χ0) is 13.1. The van der Waals surface area contributed by atoms with Crippen molar-refractivity contribution in [3.8, 4) is 0 Å². The zero-order valence-electron chi connectivity index (χ0n) is 10.1. The Labute approximate surface area is 109 Å². The van der Waals surface area contributed by atoms with Crippen LogP contribution in [-0.4, -0.2) is 38.9 Å². The van der Waals surface area contributed by atoms with Gasteiger partial charge in [-0.25, -0.2) is 19.9 Å². The first-order chi connectivity index (χ1) is 9.36. The van der Waals surface area contributed by atoms with Gasteiger partial charge in [0.2, 0.25) is 5.91 Å². The van der Waals surface area contributed by atoms with Gasteiger partial charge in [0.1, 0.15) is 18.5 Å². The topological polar surface area (TPSA) is 83.9 Å². The third kappa shape index (κ3) is 2.22. The lowest BCUT2D eigenvalue weighted by Crippen LogP contribution is -2.50. The molecule has 1 fully saturated rings. The third-order valence-corrected chi connectivity index (χ3v) is 2.96. The van der Waals surface area contributed by atoms with Crippen LogP contribution < -0.4 is 10.2 Å².